The molecule has 8 atom stereocenters. The van der Waals surface area contributed by atoms with Crippen molar-refractivity contribution in [2.45, 2.75) is 83.5 Å². The van der Waals surface area contributed by atoms with Crippen LogP contribution in [-0.4, -0.2) is 28.7 Å². The molecule has 4 aliphatic carbocycles. The van der Waals surface area contributed by atoms with Crippen LogP contribution in [0.2, 0.25) is 0 Å². The highest BCUT2D eigenvalue weighted by molar-refractivity contribution is 5.93. The number of epoxide rings is 1. The van der Waals surface area contributed by atoms with E-state index in [2.05, 4.69) is 39.0 Å². The van der Waals surface area contributed by atoms with Crippen LogP contribution in [0.3, 0.4) is 0 Å². The molecule has 3 heteroatoms. The van der Waals surface area contributed by atoms with Gasteiger partial charge in [0.05, 0.1) is 11.7 Å². The molecule has 1 N–H and O–H groups in total. The van der Waals surface area contributed by atoms with E-state index in [0.29, 0.717) is 30.6 Å². The van der Waals surface area contributed by atoms with Crippen molar-refractivity contribution in [2.75, 3.05) is 0 Å². The highest BCUT2D eigenvalue weighted by atomic mass is 16.6. The highest BCUT2D eigenvalue weighted by Crippen LogP contribution is 2.66. The molecule has 0 amide bonds. The summed E-state index contributed by atoms with van der Waals surface area (Å²) in [6.45, 7) is 6.84. The van der Waals surface area contributed by atoms with E-state index >= 15 is 0 Å². The number of aliphatic hydroxyl groups excluding tert-OH is 1. The van der Waals surface area contributed by atoms with Crippen molar-refractivity contribution in [3.8, 4) is 0 Å². The largest absolute Gasteiger partial charge is 0.393 e. The molecule has 0 aromatic rings. The molecule has 3 nitrogen and oxygen atoms in total. The van der Waals surface area contributed by atoms with E-state index in [-0.39, 0.29) is 34.9 Å². The summed E-state index contributed by atoms with van der Waals surface area (Å²) in [6.07, 6.45) is 15.4. The molecule has 2 bridgehead atoms. The monoisotopic (exact) mass is 382 g/mol. The Hall–Kier alpha value is -1.19. The Balaban J connectivity index is 1.48. The summed E-state index contributed by atoms with van der Waals surface area (Å²) in [4.78, 5) is 13.1. The fourth-order valence-electron chi connectivity index (χ4n) is 7.41. The molecule has 1 saturated heterocycles. The third-order valence-electron chi connectivity index (χ3n) is 8.91. The van der Waals surface area contributed by atoms with E-state index in [4.69, 9.17) is 4.74 Å². The first-order valence-electron chi connectivity index (χ1n) is 11.3. The summed E-state index contributed by atoms with van der Waals surface area (Å²) in [5.74, 6) is 1.73. The Bertz CT molecular complexity index is 777. The second-order valence-corrected chi connectivity index (χ2v) is 10.4. The zero-order valence-electron chi connectivity index (χ0n) is 17.5. The lowest BCUT2D eigenvalue weighted by Gasteiger charge is -2.47. The van der Waals surface area contributed by atoms with E-state index in [1.54, 1.807) is 0 Å². The Morgan fingerprint density at radius 2 is 2.07 bits per heavy atom. The average Bonchev–Trinajstić information content (AvgIpc) is 3.25. The van der Waals surface area contributed by atoms with Gasteiger partial charge in [0, 0.05) is 11.8 Å². The quantitative estimate of drug-likeness (QED) is 0.553. The maximum atomic E-state index is 13.1. The maximum absolute atomic E-state index is 13.1. The van der Waals surface area contributed by atoms with Crippen molar-refractivity contribution in [1.82, 2.24) is 0 Å². The molecule has 0 aromatic carbocycles. The summed E-state index contributed by atoms with van der Waals surface area (Å²) >= 11 is 0. The molecular weight excluding hydrogens is 348 g/mol. The molecule has 5 aliphatic rings. The number of ether oxygens (including phenoxy) is 1. The third kappa shape index (κ3) is 2.65. The second kappa shape index (κ2) is 6.40. The van der Waals surface area contributed by atoms with Gasteiger partial charge in [0.1, 0.15) is 6.10 Å². The molecule has 1 aliphatic heterocycles. The van der Waals surface area contributed by atoms with E-state index in [9.17, 15) is 9.90 Å². The number of hydrogen-bond donors (Lipinski definition) is 1. The number of hydrogen-bond acceptors (Lipinski definition) is 3. The van der Waals surface area contributed by atoms with Crippen molar-refractivity contribution in [3.63, 3.8) is 0 Å². The van der Waals surface area contributed by atoms with Crippen LogP contribution in [0.15, 0.2) is 35.5 Å². The van der Waals surface area contributed by atoms with Gasteiger partial charge in [-0.2, -0.15) is 0 Å². The standard InChI is InChI=1S/C25H34O3/c1-4-5-23-25(3,28-23)22-9-8-20-19-14-21(27)16-12-15(6-7-17(26)13-16)18(19)10-11-24(20,22)2/h4-6,14,16-18,20,22-23,26H,7-13H2,1-3H3/b5-4+/t16-,17+,18+,20-,22-,23-,24-,25+/m0/s1. The van der Waals surface area contributed by atoms with Gasteiger partial charge in [-0.05, 0) is 82.1 Å². The van der Waals surface area contributed by atoms with Crippen LogP contribution in [0.25, 0.3) is 0 Å². The summed E-state index contributed by atoms with van der Waals surface area (Å²) < 4.78 is 6.21. The van der Waals surface area contributed by atoms with Crippen LogP contribution in [-0.2, 0) is 9.53 Å². The first kappa shape index (κ1) is 18.8. The van der Waals surface area contributed by atoms with Crippen LogP contribution in [0, 0.1) is 29.1 Å². The third-order valence-corrected chi connectivity index (χ3v) is 8.91. The molecule has 1 heterocycles. The van der Waals surface area contributed by atoms with Crippen molar-refractivity contribution in [3.05, 3.63) is 35.5 Å². The molecule has 28 heavy (non-hydrogen) atoms. The Labute approximate surface area is 168 Å². The molecular formula is C25H34O3. The Morgan fingerprint density at radius 3 is 2.86 bits per heavy atom. The number of fused-ring (bicyclic) bond motifs is 6. The van der Waals surface area contributed by atoms with E-state index in [0.717, 1.165) is 12.8 Å². The van der Waals surface area contributed by atoms with Gasteiger partial charge in [0.25, 0.3) is 0 Å². The van der Waals surface area contributed by atoms with Crippen LogP contribution in [0.5, 0.6) is 0 Å². The molecule has 0 unspecified atom stereocenters. The first-order valence-corrected chi connectivity index (χ1v) is 11.3. The number of carbonyl (C=O) groups excluding carboxylic acids is 1. The van der Waals surface area contributed by atoms with Gasteiger partial charge in [-0.25, -0.2) is 0 Å². The minimum atomic E-state index is -0.360. The molecule has 152 valence electrons. The van der Waals surface area contributed by atoms with Crippen molar-refractivity contribution in [1.29, 1.82) is 0 Å². The molecule has 0 aromatic heterocycles. The molecule has 5 rings (SSSR count). The zero-order chi connectivity index (χ0) is 19.7. The number of allylic oxidation sites excluding steroid dienone is 4. The lowest BCUT2D eigenvalue weighted by molar-refractivity contribution is -0.119. The van der Waals surface area contributed by atoms with Crippen LogP contribution < -0.4 is 0 Å². The smallest absolute Gasteiger partial charge is 0.159 e. The zero-order valence-corrected chi connectivity index (χ0v) is 17.5. The fraction of sp³-hybridized carbons (Fsp3) is 0.720. The van der Waals surface area contributed by atoms with E-state index < -0.39 is 0 Å². The average molecular weight is 383 g/mol. The summed E-state index contributed by atoms with van der Waals surface area (Å²) in [7, 11) is 0. The fourth-order valence-corrected chi connectivity index (χ4v) is 7.41. The van der Waals surface area contributed by atoms with Gasteiger partial charge in [0.15, 0.2) is 5.78 Å². The molecule has 2 saturated carbocycles. The van der Waals surface area contributed by atoms with Gasteiger partial charge >= 0.3 is 0 Å². The van der Waals surface area contributed by atoms with Crippen LogP contribution in [0.1, 0.15) is 65.7 Å². The van der Waals surface area contributed by atoms with Crippen molar-refractivity contribution in [2.24, 2.45) is 29.1 Å². The van der Waals surface area contributed by atoms with E-state index in [1.807, 2.05) is 6.08 Å². The lowest BCUT2D eigenvalue weighted by Crippen LogP contribution is -2.42. The van der Waals surface area contributed by atoms with Gasteiger partial charge in [0.2, 0.25) is 0 Å². The SMILES string of the molecule is C/C=C/[C@@H]1O[C@]1(C)[C@H]1CC[C@H]2C3=CC(=O)[C@H]4CC(=CC[C@@H](O)C4)[C@H]3CC[C@@]21C. The minimum Gasteiger partial charge on any atom is -0.393 e. The number of ketones is 1. The first-order chi connectivity index (χ1) is 13.4. The lowest BCUT2D eigenvalue weighted by atomic mass is 9.57. The predicted molar refractivity (Wildman–Crippen MR) is 110 cm³/mol. The number of rotatable bonds is 2. The normalized spacial score (nSPS) is 50.4. The summed E-state index contributed by atoms with van der Waals surface area (Å²) in [5, 5.41) is 10.2. The molecule has 3 fully saturated rings. The second-order valence-electron chi connectivity index (χ2n) is 10.4. The van der Waals surface area contributed by atoms with Gasteiger partial charge in [-0.3, -0.25) is 4.79 Å². The maximum Gasteiger partial charge on any atom is 0.159 e. The Kier molecular flexibility index (Phi) is 4.30. The minimum absolute atomic E-state index is 0.0198. The van der Waals surface area contributed by atoms with Crippen LogP contribution >= 0.6 is 0 Å². The van der Waals surface area contributed by atoms with Gasteiger partial charge < -0.3 is 9.84 Å². The molecule has 0 radical (unpaired) electrons. The highest BCUT2D eigenvalue weighted by Gasteiger charge is 2.65. The Morgan fingerprint density at radius 1 is 1.25 bits per heavy atom. The van der Waals surface area contributed by atoms with Gasteiger partial charge in [-0.1, -0.05) is 36.3 Å². The number of carbonyl (C=O) groups is 1. The van der Waals surface area contributed by atoms with Crippen LogP contribution in [0.4, 0.5) is 0 Å². The van der Waals surface area contributed by atoms with Gasteiger partial charge in [-0.15, -0.1) is 0 Å². The summed E-state index contributed by atoms with van der Waals surface area (Å²) in [5.41, 5.74) is 3.04. The topological polar surface area (TPSA) is 49.8 Å². The van der Waals surface area contributed by atoms with E-state index in [1.165, 1.54) is 30.4 Å². The summed E-state index contributed by atoms with van der Waals surface area (Å²) in [6, 6.07) is 0. The van der Waals surface area contributed by atoms with Crippen molar-refractivity contribution < 1.29 is 14.6 Å². The van der Waals surface area contributed by atoms with Crippen molar-refractivity contribution >= 4 is 5.78 Å². The number of aliphatic hydroxyl groups is 1. The molecule has 0 spiro atoms. The predicted octanol–water partition coefficient (Wildman–Crippen LogP) is 4.76.